The molecule has 0 saturated heterocycles. The minimum atomic E-state index is -4.40. The van der Waals surface area contributed by atoms with Crippen LogP contribution in [-0.4, -0.2) is 39.2 Å². The second kappa shape index (κ2) is 8.57. The lowest BCUT2D eigenvalue weighted by Gasteiger charge is -2.28. The van der Waals surface area contributed by atoms with Gasteiger partial charge in [0.15, 0.2) is 12.4 Å². The van der Waals surface area contributed by atoms with Crippen molar-refractivity contribution in [2.45, 2.75) is 25.7 Å². The normalized spacial score (nSPS) is 14.4. The van der Waals surface area contributed by atoms with Gasteiger partial charge in [0.05, 0.1) is 5.69 Å². The first-order valence-corrected chi connectivity index (χ1v) is 9.72. The maximum atomic E-state index is 12.5. The molecule has 0 bridgehead atoms. The van der Waals surface area contributed by atoms with Crippen molar-refractivity contribution in [3.05, 3.63) is 70.6 Å². The van der Waals surface area contributed by atoms with Crippen LogP contribution in [0.3, 0.4) is 0 Å². The lowest BCUT2D eigenvalue weighted by molar-refractivity contribution is -0.154. The number of pyridine rings is 1. The predicted octanol–water partition coefficient (Wildman–Crippen LogP) is 4.69. The van der Waals surface area contributed by atoms with Crippen molar-refractivity contribution in [3.8, 4) is 17.3 Å². The van der Waals surface area contributed by atoms with E-state index in [1.165, 1.54) is 6.20 Å². The highest BCUT2D eigenvalue weighted by atomic mass is 35.5. The summed E-state index contributed by atoms with van der Waals surface area (Å²) in [6.07, 6.45) is -0.453. The van der Waals surface area contributed by atoms with Crippen LogP contribution in [0.25, 0.3) is 11.4 Å². The summed E-state index contributed by atoms with van der Waals surface area (Å²) in [6.45, 7) is 0.391. The second-order valence-corrected chi connectivity index (χ2v) is 7.44. The Bertz CT molecular complexity index is 1030. The Hall–Kier alpha value is -2.71. The summed E-state index contributed by atoms with van der Waals surface area (Å²) in [5.74, 6) is 0.656. The van der Waals surface area contributed by atoms with Gasteiger partial charge in [0.25, 0.3) is 0 Å². The van der Waals surface area contributed by atoms with E-state index in [9.17, 15) is 13.2 Å². The molecular formula is C21H18ClF3N4O. The number of alkyl halides is 3. The molecule has 3 aromatic rings. The minimum Gasteiger partial charge on any atom is -0.468 e. The number of halogens is 4. The number of nitrogens with zero attached hydrogens (tertiary/aromatic N) is 4. The Kier molecular flexibility index (Phi) is 5.87. The van der Waals surface area contributed by atoms with Gasteiger partial charge in [-0.1, -0.05) is 17.7 Å². The number of ether oxygens (including phenoxy) is 1. The summed E-state index contributed by atoms with van der Waals surface area (Å²) in [5.41, 5.74) is 3.49. The molecular weight excluding hydrogens is 417 g/mol. The van der Waals surface area contributed by atoms with Crippen LogP contribution >= 0.6 is 11.6 Å². The van der Waals surface area contributed by atoms with Gasteiger partial charge in [-0.15, -0.1) is 0 Å². The van der Waals surface area contributed by atoms with Crippen LogP contribution in [0.1, 0.15) is 16.8 Å². The SMILES string of the molecule is FC(F)(F)COc1ncccc1CN1CCc2nc(-c3ccc(Cl)cc3)ncc2C1. The first kappa shape index (κ1) is 20.6. The van der Waals surface area contributed by atoms with Gasteiger partial charge in [-0.2, -0.15) is 13.2 Å². The fraction of sp³-hybridized carbons (Fsp3) is 0.286. The summed E-state index contributed by atoms with van der Waals surface area (Å²) in [5, 5.41) is 0.654. The molecule has 5 nitrogen and oxygen atoms in total. The number of aromatic nitrogens is 3. The lowest BCUT2D eigenvalue weighted by atomic mass is 10.1. The van der Waals surface area contributed by atoms with E-state index in [4.69, 9.17) is 16.3 Å². The number of rotatable bonds is 5. The molecule has 3 heterocycles. The van der Waals surface area contributed by atoms with Gasteiger partial charge in [-0.05, 0) is 30.3 Å². The first-order valence-electron chi connectivity index (χ1n) is 9.34. The third kappa shape index (κ3) is 5.06. The van der Waals surface area contributed by atoms with Crippen molar-refractivity contribution in [1.29, 1.82) is 0 Å². The van der Waals surface area contributed by atoms with E-state index in [-0.39, 0.29) is 5.88 Å². The average molecular weight is 435 g/mol. The summed E-state index contributed by atoms with van der Waals surface area (Å²) < 4.78 is 42.4. The summed E-state index contributed by atoms with van der Waals surface area (Å²) >= 11 is 5.93. The molecule has 4 rings (SSSR count). The van der Waals surface area contributed by atoms with Gasteiger partial charge in [0.2, 0.25) is 5.88 Å². The van der Waals surface area contributed by atoms with Gasteiger partial charge >= 0.3 is 6.18 Å². The molecule has 30 heavy (non-hydrogen) atoms. The lowest BCUT2D eigenvalue weighted by Crippen LogP contribution is -2.31. The second-order valence-electron chi connectivity index (χ2n) is 7.00. The molecule has 1 aromatic carbocycles. The van der Waals surface area contributed by atoms with Crippen molar-refractivity contribution in [1.82, 2.24) is 19.9 Å². The van der Waals surface area contributed by atoms with E-state index in [1.54, 1.807) is 24.3 Å². The molecule has 0 atom stereocenters. The summed E-state index contributed by atoms with van der Waals surface area (Å²) in [6, 6.07) is 10.8. The third-order valence-corrected chi connectivity index (χ3v) is 4.98. The van der Waals surface area contributed by atoms with Gasteiger partial charge in [0, 0.05) is 60.2 Å². The zero-order valence-electron chi connectivity index (χ0n) is 15.9. The number of fused-ring (bicyclic) bond motifs is 1. The van der Waals surface area contributed by atoms with E-state index in [1.807, 2.05) is 18.3 Å². The standard InChI is InChI=1S/C21H18ClF3N4O/c22-17-5-3-14(4-6-17)19-27-10-16-12-29(9-7-18(16)28-19)11-15-2-1-8-26-20(15)30-13-21(23,24)25/h1-6,8,10H,7,9,11-13H2. The van der Waals surface area contributed by atoms with Crippen LogP contribution in [0, 0.1) is 0 Å². The van der Waals surface area contributed by atoms with E-state index >= 15 is 0 Å². The monoisotopic (exact) mass is 434 g/mol. The molecule has 1 aliphatic rings. The van der Waals surface area contributed by atoms with Crippen molar-refractivity contribution in [3.63, 3.8) is 0 Å². The maximum absolute atomic E-state index is 12.5. The topological polar surface area (TPSA) is 51.1 Å². The molecule has 0 radical (unpaired) electrons. The Morgan fingerprint density at radius 3 is 2.67 bits per heavy atom. The van der Waals surface area contributed by atoms with Crippen LogP contribution in [0.5, 0.6) is 5.88 Å². The molecule has 156 valence electrons. The summed E-state index contributed by atoms with van der Waals surface area (Å²) in [7, 11) is 0. The molecule has 0 unspecified atom stereocenters. The maximum Gasteiger partial charge on any atom is 0.422 e. The Balaban J connectivity index is 1.46. The van der Waals surface area contributed by atoms with Crippen LogP contribution in [-0.2, 0) is 19.5 Å². The number of benzene rings is 1. The van der Waals surface area contributed by atoms with Crippen LogP contribution in [0.2, 0.25) is 5.02 Å². The van der Waals surface area contributed by atoms with Crippen LogP contribution in [0.15, 0.2) is 48.8 Å². The van der Waals surface area contributed by atoms with E-state index in [2.05, 4.69) is 19.9 Å². The van der Waals surface area contributed by atoms with Crippen LogP contribution in [0.4, 0.5) is 13.2 Å². The van der Waals surface area contributed by atoms with E-state index in [0.717, 1.165) is 29.8 Å². The van der Waals surface area contributed by atoms with Crippen molar-refractivity contribution in [2.75, 3.05) is 13.2 Å². The van der Waals surface area contributed by atoms with Crippen molar-refractivity contribution >= 4 is 11.6 Å². The molecule has 0 fully saturated rings. The highest BCUT2D eigenvalue weighted by Gasteiger charge is 2.29. The molecule has 1 aliphatic heterocycles. The molecule has 0 saturated carbocycles. The Labute approximate surface area is 176 Å². The zero-order chi connectivity index (χ0) is 21.1. The Morgan fingerprint density at radius 1 is 1.10 bits per heavy atom. The quantitative estimate of drug-likeness (QED) is 0.583. The molecule has 0 N–H and O–H groups in total. The highest BCUT2D eigenvalue weighted by molar-refractivity contribution is 6.30. The van der Waals surface area contributed by atoms with Gasteiger partial charge in [-0.3, -0.25) is 4.90 Å². The van der Waals surface area contributed by atoms with Gasteiger partial charge in [0.1, 0.15) is 0 Å². The average Bonchev–Trinajstić information content (AvgIpc) is 2.73. The van der Waals surface area contributed by atoms with Crippen molar-refractivity contribution < 1.29 is 17.9 Å². The minimum absolute atomic E-state index is 0.00922. The molecule has 0 amide bonds. The van der Waals surface area contributed by atoms with Gasteiger partial charge in [-0.25, -0.2) is 15.0 Å². The highest BCUT2D eigenvalue weighted by Crippen LogP contribution is 2.25. The fourth-order valence-corrected chi connectivity index (χ4v) is 3.44. The largest absolute Gasteiger partial charge is 0.468 e. The third-order valence-electron chi connectivity index (χ3n) is 4.73. The zero-order valence-corrected chi connectivity index (χ0v) is 16.6. The molecule has 2 aromatic heterocycles. The van der Waals surface area contributed by atoms with Gasteiger partial charge < -0.3 is 4.74 Å². The van der Waals surface area contributed by atoms with E-state index < -0.39 is 12.8 Å². The molecule has 9 heteroatoms. The van der Waals surface area contributed by atoms with E-state index in [0.29, 0.717) is 29.5 Å². The Morgan fingerprint density at radius 2 is 1.90 bits per heavy atom. The smallest absolute Gasteiger partial charge is 0.422 e. The van der Waals surface area contributed by atoms with Crippen molar-refractivity contribution in [2.24, 2.45) is 0 Å². The molecule has 0 aliphatic carbocycles. The summed E-state index contributed by atoms with van der Waals surface area (Å²) in [4.78, 5) is 15.2. The molecule has 0 spiro atoms. The van der Waals surface area contributed by atoms with Crippen LogP contribution < -0.4 is 4.74 Å². The first-order chi connectivity index (χ1) is 14.4. The predicted molar refractivity (Wildman–Crippen MR) is 106 cm³/mol. The fourth-order valence-electron chi connectivity index (χ4n) is 3.31. The number of hydrogen-bond acceptors (Lipinski definition) is 5. The number of hydrogen-bond donors (Lipinski definition) is 0.